The summed E-state index contributed by atoms with van der Waals surface area (Å²) >= 11 is 3.62. The van der Waals surface area contributed by atoms with Crippen molar-refractivity contribution in [2.24, 2.45) is 0 Å². The zero-order valence-electron chi connectivity index (χ0n) is 12.8. The minimum Gasteiger partial charge on any atom is -0.420 e. The van der Waals surface area contributed by atoms with Gasteiger partial charge in [0.05, 0.1) is 5.25 Å². The van der Waals surface area contributed by atoms with Gasteiger partial charge < -0.3 is 4.42 Å². The normalized spacial score (nSPS) is 14.0. The number of hydrogen-bond donors (Lipinski definition) is 0. The number of nitrogens with zero attached hydrogens (tertiary/aromatic N) is 2. The van der Waals surface area contributed by atoms with Crippen molar-refractivity contribution in [2.45, 2.75) is 31.3 Å². The minimum atomic E-state index is 0.170. The maximum Gasteiger partial charge on any atom is 0.247 e. The Bertz CT molecular complexity index is 719. The Morgan fingerprint density at radius 3 is 2.50 bits per heavy atom. The molecule has 3 rings (SSSR count). The molecule has 0 radical (unpaired) electrons. The summed E-state index contributed by atoms with van der Waals surface area (Å²) in [5.74, 6) is 1.27. The van der Waals surface area contributed by atoms with Crippen molar-refractivity contribution >= 4 is 23.1 Å². The van der Waals surface area contributed by atoms with E-state index in [0.29, 0.717) is 17.0 Å². The van der Waals surface area contributed by atoms with Crippen molar-refractivity contribution in [1.82, 2.24) is 10.2 Å². The van der Waals surface area contributed by atoms with Gasteiger partial charge in [0.25, 0.3) is 0 Å². The summed E-state index contributed by atoms with van der Waals surface area (Å²) in [5.41, 5.74) is 2.19. The number of hydrogen-bond acceptors (Lipinski definition) is 5. The van der Waals surface area contributed by atoms with Crippen LogP contribution in [0.3, 0.4) is 0 Å². The van der Waals surface area contributed by atoms with Crippen LogP contribution in [0.15, 0.2) is 46.2 Å². The third-order valence-electron chi connectivity index (χ3n) is 3.44. The minimum absolute atomic E-state index is 0.170. The molecule has 0 fully saturated rings. The first-order chi connectivity index (χ1) is 10.6. The van der Waals surface area contributed by atoms with Gasteiger partial charge in [-0.05, 0) is 44.4 Å². The fraction of sp³-hybridized carbons (Fsp3) is 0.294. The highest BCUT2D eigenvalue weighted by molar-refractivity contribution is 7.99. The molecule has 0 spiro atoms. The molecule has 3 aromatic rings. The van der Waals surface area contributed by atoms with E-state index in [2.05, 4.69) is 60.6 Å². The Labute approximate surface area is 138 Å². The first-order valence-corrected chi connectivity index (χ1v) is 9.05. The fourth-order valence-corrected chi connectivity index (χ4v) is 4.20. The van der Waals surface area contributed by atoms with Gasteiger partial charge in [-0.1, -0.05) is 23.8 Å². The molecule has 0 aliphatic rings. The van der Waals surface area contributed by atoms with Crippen molar-refractivity contribution in [3.8, 4) is 11.5 Å². The van der Waals surface area contributed by atoms with Gasteiger partial charge >= 0.3 is 0 Å². The average molecular weight is 330 g/mol. The third kappa shape index (κ3) is 3.42. The Balaban J connectivity index is 1.71. The van der Waals surface area contributed by atoms with Crippen molar-refractivity contribution < 1.29 is 4.42 Å². The monoisotopic (exact) mass is 330 g/mol. The van der Waals surface area contributed by atoms with Gasteiger partial charge in [-0.25, -0.2) is 0 Å². The van der Waals surface area contributed by atoms with Crippen LogP contribution in [0.1, 0.15) is 40.7 Å². The molecule has 114 valence electrons. The summed E-state index contributed by atoms with van der Waals surface area (Å²) in [4.78, 5) is 1.37. The van der Waals surface area contributed by atoms with Gasteiger partial charge in [0.15, 0.2) is 0 Å². The van der Waals surface area contributed by atoms with Crippen LogP contribution in [-0.4, -0.2) is 10.2 Å². The van der Waals surface area contributed by atoms with Gasteiger partial charge in [0.1, 0.15) is 0 Å². The highest BCUT2D eigenvalue weighted by Crippen LogP contribution is 2.41. The molecule has 0 unspecified atom stereocenters. The van der Waals surface area contributed by atoms with E-state index in [1.807, 2.05) is 23.9 Å². The first-order valence-electron chi connectivity index (χ1n) is 7.23. The van der Waals surface area contributed by atoms with Crippen LogP contribution >= 0.6 is 23.1 Å². The molecular weight excluding hydrogens is 312 g/mol. The smallest absolute Gasteiger partial charge is 0.247 e. The van der Waals surface area contributed by atoms with Gasteiger partial charge in [-0.2, -0.15) is 0 Å². The van der Waals surface area contributed by atoms with Crippen LogP contribution in [0.25, 0.3) is 11.5 Å². The zero-order chi connectivity index (χ0) is 15.5. The third-order valence-corrected chi connectivity index (χ3v) is 5.92. The Morgan fingerprint density at radius 1 is 1.05 bits per heavy atom. The average Bonchev–Trinajstić information content (AvgIpc) is 3.20. The molecule has 0 saturated heterocycles. The van der Waals surface area contributed by atoms with Crippen LogP contribution in [0.4, 0.5) is 0 Å². The van der Waals surface area contributed by atoms with Gasteiger partial charge in [0.2, 0.25) is 11.8 Å². The summed E-state index contributed by atoms with van der Waals surface area (Å²) < 4.78 is 5.85. The molecule has 22 heavy (non-hydrogen) atoms. The predicted octanol–water partition coefficient (Wildman–Crippen LogP) is 5.66. The SMILES string of the molecule is Cc1ccc(-c2nnc([C@@H](C)S[C@@H](C)c3cccs3)o2)cc1. The Morgan fingerprint density at radius 2 is 1.82 bits per heavy atom. The molecule has 3 nitrogen and oxygen atoms in total. The van der Waals surface area contributed by atoms with Crippen molar-refractivity contribution in [3.63, 3.8) is 0 Å². The van der Waals surface area contributed by atoms with E-state index >= 15 is 0 Å². The topological polar surface area (TPSA) is 38.9 Å². The number of aryl methyl sites for hydroxylation is 1. The predicted molar refractivity (Wildman–Crippen MR) is 93.2 cm³/mol. The first kappa shape index (κ1) is 15.3. The maximum absolute atomic E-state index is 5.85. The fourth-order valence-electron chi connectivity index (χ4n) is 2.17. The lowest BCUT2D eigenvalue weighted by Crippen LogP contribution is -1.92. The Kier molecular flexibility index (Phi) is 4.64. The molecule has 2 atom stereocenters. The second kappa shape index (κ2) is 6.67. The van der Waals surface area contributed by atoms with Gasteiger partial charge in [0, 0.05) is 15.7 Å². The molecule has 2 heterocycles. The van der Waals surface area contributed by atoms with E-state index in [1.54, 1.807) is 11.3 Å². The molecule has 0 amide bonds. The second-order valence-corrected chi connectivity index (χ2v) is 7.91. The van der Waals surface area contributed by atoms with E-state index in [0.717, 1.165) is 5.56 Å². The van der Waals surface area contributed by atoms with Crippen molar-refractivity contribution in [3.05, 3.63) is 58.1 Å². The standard InChI is InChI=1S/C17H18N2OS2/c1-11-6-8-14(9-7-11)17-19-18-16(20-17)13(3)22-12(2)15-5-4-10-21-15/h4-10,12-13H,1-3H3/t12-,13+/m0/s1. The summed E-state index contributed by atoms with van der Waals surface area (Å²) in [6.45, 7) is 6.39. The van der Waals surface area contributed by atoms with Gasteiger partial charge in [-0.3, -0.25) is 0 Å². The number of rotatable bonds is 5. The van der Waals surface area contributed by atoms with E-state index in [9.17, 15) is 0 Å². The molecule has 5 heteroatoms. The molecule has 2 aromatic heterocycles. The van der Waals surface area contributed by atoms with Crippen molar-refractivity contribution in [2.75, 3.05) is 0 Å². The molecule has 1 aromatic carbocycles. The molecule has 0 aliphatic carbocycles. The van der Waals surface area contributed by atoms with Crippen LogP contribution < -0.4 is 0 Å². The van der Waals surface area contributed by atoms with Crippen LogP contribution in [0.2, 0.25) is 0 Å². The largest absolute Gasteiger partial charge is 0.420 e. The molecule has 0 bridgehead atoms. The summed E-state index contributed by atoms with van der Waals surface area (Å²) in [6.07, 6.45) is 0. The highest BCUT2D eigenvalue weighted by atomic mass is 32.2. The zero-order valence-corrected chi connectivity index (χ0v) is 14.4. The van der Waals surface area contributed by atoms with Crippen molar-refractivity contribution in [1.29, 1.82) is 0 Å². The van der Waals surface area contributed by atoms with E-state index in [4.69, 9.17) is 4.42 Å². The van der Waals surface area contributed by atoms with E-state index < -0.39 is 0 Å². The summed E-state index contributed by atoms with van der Waals surface area (Å²) in [6, 6.07) is 12.4. The summed E-state index contributed by atoms with van der Waals surface area (Å²) in [7, 11) is 0. The van der Waals surface area contributed by atoms with Crippen LogP contribution in [-0.2, 0) is 0 Å². The molecule has 0 aliphatic heterocycles. The highest BCUT2D eigenvalue weighted by Gasteiger charge is 2.19. The molecule has 0 N–H and O–H groups in total. The number of aromatic nitrogens is 2. The molecule has 0 saturated carbocycles. The van der Waals surface area contributed by atoms with Crippen LogP contribution in [0.5, 0.6) is 0 Å². The van der Waals surface area contributed by atoms with E-state index in [-0.39, 0.29) is 5.25 Å². The number of thiophene rings is 1. The van der Waals surface area contributed by atoms with Crippen LogP contribution in [0, 0.1) is 6.92 Å². The van der Waals surface area contributed by atoms with E-state index in [1.165, 1.54) is 10.4 Å². The lowest BCUT2D eigenvalue weighted by atomic mass is 10.1. The number of benzene rings is 1. The summed E-state index contributed by atoms with van der Waals surface area (Å²) in [5, 5.41) is 11.1. The maximum atomic E-state index is 5.85. The quantitative estimate of drug-likeness (QED) is 0.605. The Hall–Kier alpha value is -1.59. The second-order valence-electron chi connectivity index (χ2n) is 5.25. The lowest BCUT2D eigenvalue weighted by molar-refractivity contribution is 0.509. The van der Waals surface area contributed by atoms with Gasteiger partial charge in [-0.15, -0.1) is 33.3 Å². The number of thioether (sulfide) groups is 1. The molecular formula is C17H18N2OS2. The lowest BCUT2D eigenvalue weighted by Gasteiger charge is -2.12.